The predicted octanol–water partition coefficient (Wildman–Crippen LogP) is 2.70. The Morgan fingerprint density at radius 1 is 1.40 bits per heavy atom. The van der Waals surface area contributed by atoms with E-state index in [-0.39, 0.29) is 0 Å². The number of nitrogens with one attached hydrogen (secondary N) is 1. The van der Waals surface area contributed by atoms with Gasteiger partial charge in [0.2, 0.25) is 0 Å². The second kappa shape index (κ2) is 5.50. The zero-order valence-corrected chi connectivity index (χ0v) is 10.9. The molecule has 0 spiro atoms. The molecule has 0 aliphatic carbocycles. The molecule has 0 saturated carbocycles. The first kappa shape index (κ1) is 12.5. The summed E-state index contributed by atoms with van der Waals surface area (Å²) in [5.74, 6) is 0. The third-order valence-corrected chi connectivity index (χ3v) is 3.32. The maximum Gasteiger partial charge on any atom is 0.169 e. The fraction of sp³-hybridized carbons (Fsp3) is 0.750. The number of rotatable bonds is 2. The van der Waals surface area contributed by atoms with Crippen molar-refractivity contribution < 1.29 is 0 Å². The summed E-state index contributed by atoms with van der Waals surface area (Å²) in [6.45, 7) is 11.2. The summed E-state index contributed by atoms with van der Waals surface area (Å²) >= 11 is 5.42. The Morgan fingerprint density at radius 3 is 2.40 bits per heavy atom. The lowest BCUT2D eigenvalue weighted by atomic mass is 9.98. The van der Waals surface area contributed by atoms with Crippen LogP contribution in [0.1, 0.15) is 40.0 Å². The molecule has 0 radical (unpaired) electrons. The molecule has 86 valence electrons. The van der Waals surface area contributed by atoms with Crippen molar-refractivity contribution in [2.24, 2.45) is 0 Å². The molecule has 1 aliphatic rings. The first-order valence-electron chi connectivity index (χ1n) is 5.73. The van der Waals surface area contributed by atoms with E-state index in [0.717, 1.165) is 17.2 Å². The second-order valence-corrected chi connectivity index (χ2v) is 5.04. The van der Waals surface area contributed by atoms with Crippen molar-refractivity contribution >= 4 is 17.3 Å². The van der Waals surface area contributed by atoms with Crippen molar-refractivity contribution in [2.45, 2.75) is 52.1 Å². The molecule has 2 unspecified atom stereocenters. The molecule has 2 nitrogen and oxygen atoms in total. The fourth-order valence-electron chi connectivity index (χ4n) is 2.14. The Balaban J connectivity index is 2.51. The smallest absolute Gasteiger partial charge is 0.169 e. The van der Waals surface area contributed by atoms with Crippen LogP contribution in [0.2, 0.25) is 0 Å². The molecule has 1 N–H and O–H groups in total. The second-order valence-electron chi connectivity index (χ2n) is 4.65. The van der Waals surface area contributed by atoms with Crippen molar-refractivity contribution in [3.8, 4) is 0 Å². The van der Waals surface area contributed by atoms with Gasteiger partial charge in [0, 0.05) is 18.6 Å². The number of hydrogen-bond acceptors (Lipinski definition) is 1. The highest BCUT2D eigenvalue weighted by atomic mass is 32.1. The van der Waals surface area contributed by atoms with Crippen LogP contribution in [0.25, 0.3) is 0 Å². The molecule has 3 heteroatoms. The van der Waals surface area contributed by atoms with E-state index in [4.69, 9.17) is 12.2 Å². The van der Waals surface area contributed by atoms with Gasteiger partial charge in [0.1, 0.15) is 0 Å². The zero-order chi connectivity index (χ0) is 11.4. The van der Waals surface area contributed by atoms with E-state index in [0.29, 0.717) is 12.1 Å². The van der Waals surface area contributed by atoms with E-state index in [2.05, 4.69) is 30.6 Å². The third-order valence-electron chi connectivity index (χ3n) is 2.97. The van der Waals surface area contributed by atoms with Gasteiger partial charge in [-0.05, 0) is 52.3 Å². The Bertz CT molecular complexity index is 240. The van der Waals surface area contributed by atoms with Crippen LogP contribution in [0, 0.1) is 0 Å². The van der Waals surface area contributed by atoms with Crippen LogP contribution in [-0.2, 0) is 0 Å². The fourth-order valence-corrected chi connectivity index (χ4v) is 2.57. The summed E-state index contributed by atoms with van der Waals surface area (Å²) < 4.78 is 0. The predicted molar refractivity (Wildman–Crippen MR) is 70.0 cm³/mol. The monoisotopic (exact) mass is 226 g/mol. The Kier molecular flexibility index (Phi) is 4.58. The minimum atomic E-state index is 0.568. The van der Waals surface area contributed by atoms with Crippen LogP contribution in [-0.4, -0.2) is 28.6 Å². The third kappa shape index (κ3) is 3.49. The van der Waals surface area contributed by atoms with Crippen molar-refractivity contribution in [3.05, 3.63) is 12.2 Å². The quantitative estimate of drug-likeness (QED) is 0.576. The lowest BCUT2D eigenvalue weighted by molar-refractivity contribution is 0.189. The van der Waals surface area contributed by atoms with E-state index in [1.165, 1.54) is 19.3 Å². The van der Waals surface area contributed by atoms with E-state index in [1.54, 1.807) is 0 Å². The summed E-state index contributed by atoms with van der Waals surface area (Å²) in [5, 5.41) is 4.16. The van der Waals surface area contributed by atoms with Gasteiger partial charge >= 0.3 is 0 Å². The molecular weight excluding hydrogens is 204 g/mol. The molecular formula is C12H22N2S. The van der Waals surface area contributed by atoms with Crippen LogP contribution < -0.4 is 5.32 Å². The van der Waals surface area contributed by atoms with Crippen molar-refractivity contribution in [1.29, 1.82) is 0 Å². The maximum absolute atomic E-state index is 5.42. The van der Waals surface area contributed by atoms with Crippen LogP contribution in [0.3, 0.4) is 0 Å². The standard InChI is InChI=1S/C12H22N2S/c1-9(2)8-13-12(15)14-10(3)6-5-7-11(14)4/h10-11H,1,5-8H2,2-4H3,(H,13,15). The van der Waals surface area contributed by atoms with Crippen molar-refractivity contribution in [3.63, 3.8) is 0 Å². The zero-order valence-electron chi connectivity index (χ0n) is 10.0. The van der Waals surface area contributed by atoms with E-state index >= 15 is 0 Å². The van der Waals surface area contributed by atoms with Gasteiger partial charge in [-0.3, -0.25) is 0 Å². The molecule has 0 aromatic heterocycles. The van der Waals surface area contributed by atoms with Crippen LogP contribution in [0.15, 0.2) is 12.2 Å². The molecule has 1 rings (SSSR count). The Morgan fingerprint density at radius 2 is 1.93 bits per heavy atom. The Labute approximate surface area is 98.7 Å². The highest BCUT2D eigenvalue weighted by Crippen LogP contribution is 2.22. The summed E-state index contributed by atoms with van der Waals surface area (Å²) in [5.41, 5.74) is 1.12. The van der Waals surface area contributed by atoms with Gasteiger partial charge in [-0.2, -0.15) is 0 Å². The number of likely N-dealkylation sites (tertiary alicyclic amines) is 1. The van der Waals surface area contributed by atoms with Gasteiger partial charge in [0.05, 0.1) is 0 Å². The first-order valence-corrected chi connectivity index (χ1v) is 6.13. The molecule has 0 amide bonds. The number of piperidine rings is 1. The molecule has 1 aliphatic heterocycles. The average molecular weight is 226 g/mol. The van der Waals surface area contributed by atoms with Gasteiger partial charge in [-0.15, -0.1) is 0 Å². The topological polar surface area (TPSA) is 15.3 Å². The summed E-state index contributed by atoms with van der Waals surface area (Å²) in [6, 6.07) is 1.14. The molecule has 1 saturated heterocycles. The minimum absolute atomic E-state index is 0.568. The normalized spacial score (nSPS) is 26.2. The van der Waals surface area contributed by atoms with E-state index < -0.39 is 0 Å². The van der Waals surface area contributed by atoms with Crippen LogP contribution in [0.5, 0.6) is 0 Å². The van der Waals surface area contributed by atoms with Gasteiger partial charge in [0.15, 0.2) is 5.11 Å². The van der Waals surface area contributed by atoms with Crippen molar-refractivity contribution in [1.82, 2.24) is 10.2 Å². The summed E-state index contributed by atoms with van der Waals surface area (Å²) in [4.78, 5) is 2.34. The number of nitrogens with zero attached hydrogens (tertiary/aromatic N) is 1. The van der Waals surface area contributed by atoms with Crippen LogP contribution >= 0.6 is 12.2 Å². The summed E-state index contributed by atoms with van der Waals surface area (Å²) in [7, 11) is 0. The largest absolute Gasteiger partial charge is 0.359 e. The SMILES string of the molecule is C=C(C)CNC(=S)N1C(C)CCCC1C. The highest BCUT2D eigenvalue weighted by Gasteiger charge is 2.26. The Hall–Kier alpha value is -0.570. The summed E-state index contributed by atoms with van der Waals surface area (Å²) in [6.07, 6.45) is 3.82. The molecule has 2 atom stereocenters. The molecule has 0 aromatic rings. The van der Waals surface area contributed by atoms with Crippen LogP contribution in [0.4, 0.5) is 0 Å². The molecule has 15 heavy (non-hydrogen) atoms. The van der Waals surface area contributed by atoms with Gasteiger partial charge in [-0.25, -0.2) is 0 Å². The van der Waals surface area contributed by atoms with Gasteiger partial charge < -0.3 is 10.2 Å². The molecule has 0 aromatic carbocycles. The lowest BCUT2D eigenvalue weighted by Gasteiger charge is -2.41. The van der Waals surface area contributed by atoms with E-state index in [9.17, 15) is 0 Å². The van der Waals surface area contributed by atoms with Gasteiger partial charge in [0.25, 0.3) is 0 Å². The first-order chi connectivity index (χ1) is 7.02. The number of hydrogen-bond donors (Lipinski definition) is 1. The molecule has 0 bridgehead atoms. The number of thiocarbonyl (C=S) groups is 1. The molecule has 1 fully saturated rings. The lowest BCUT2D eigenvalue weighted by Crippen LogP contribution is -2.51. The average Bonchev–Trinajstić information content (AvgIpc) is 2.14. The van der Waals surface area contributed by atoms with Crippen molar-refractivity contribution in [2.75, 3.05) is 6.54 Å². The highest BCUT2D eigenvalue weighted by molar-refractivity contribution is 7.80. The maximum atomic E-state index is 5.42. The van der Waals surface area contributed by atoms with Gasteiger partial charge in [-0.1, -0.05) is 12.2 Å². The van der Waals surface area contributed by atoms with E-state index in [1.807, 2.05) is 6.92 Å². The molecule has 1 heterocycles. The minimum Gasteiger partial charge on any atom is -0.359 e.